The highest BCUT2D eigenvalue weighted by atomic mass is 16.6. The van der Waals surface area contributed by atoms with Crippen molar-refractivity contribution in [1.29, 1.82) is 0 Å². The Morgan fingerprint density at radius 3 is 1.12 bits per heavy atom. The molecule has 0 saturated carbocycles. The summed E-state index contributed by atoms with van der Waals surface area (Å²) in [7, 11) is 0. The monoisotopic (exact) mass is 330 g/mol. The Hall–Kier alpha value is -3.68. The fourth-order valence-corrected chi connectivity index (χ4v) is 1.63. The summed E-state index contributed by atoms with van der Waals surface area (Å²) in [6.07, 6.45) is 0. The van der Waals surface area contributed by atoms with Gasteiger partial charge in [-0.05, 0) is 48.5 Å². The van der Waals surface area contributed by atoms with Gasteiger partial charge in [-0.1, -0.05) is 0 Å². The Morgan fingerprint density at radius 1 is 0.583 bits per heavy atom. The number of hydrogen-bond acceptors (Lipinski definition) is 6. The summed E-state index contributed by atoms with van der Waals surface area (Å²) < 4.78 is 9.49. The van der Waals surface area contributed by atoms with Gasteiger partial charge >= 0.3 is 23.9 Å². The van der Waals surface area contributed by atoms with Gasteiger partial charge in [0.1, 0.15) is 11.5 Å². The Labute approximate surface area is 134 Å². The zero-order chi connectivity index (χ0) is 17.7. The van der Waals surface area contributed by atoms with E-state index in [4.69, 9.17) is 19.7 Å². The van der Waals surface area contributed by atoms with Crippen molar-refractivity contribution in [3.63, 3.8) is 0 Å². The molecule has 8 nitrogen and oxygen atoms in total. The molecule has 0 aliphatic heterocycles. The highest BCUT2D eigenvalue weighted by Crippen LogP contribution is 2.15. The Bertz CT molecular complexity index is 720. The van der Waals surface area contributed by atoms with Crippen molar-refractivity contribution in [2.45, 2.75) is 0 Å². The van der Waals surface area contributed by atoms with Crippen LogP contribution in [0.2, 0.25) is 0 Å². The molecule has 0 radical (unpaired) electrons. The van der Waals surface area contributed by atoms with Crippen molar-refractivity contribution in [3.8, 4) is 11.5 Å². The summed E-state index contributed by atoms with van der Waals surface area (Å²) >= 11 is 0. The van der Waals surface area contributed by atoms with Crippen LogP contribution in [0.3, 0.4) is 0 Å². The summed E-state index contributed by atoms with van der Waals surface area (Å²) in [6, 6.07) is 9.71. The van der Waals surface area contributed by atoms with E-state index in [0.29, 0.717) is 0 Å². The van der Waals surface area contributed by atoms with Gasteiger partial charge in [-0.25, -0.2) is 19.2 Å². The van der Waals surface area contributed by atoms with Crippen LogP contribution in [0.4, 0.5) is 0 Å². The molecule has 0 spiro atoms. The number of carbonyl (C=O) groups excluding carboxylic acids is 2. The largest absolute Gasteiger partial charge is 0.478 e. The maximum absolute atomic E-state index is 11.6. The molecule has 0 aromatic heterocycles. The summed E-state index contributed by atoms with van der Waals surface area (Å²) in [4.78, 5) is 44.6. The third-order valence-electron chi connectivity index (χ3n) is 2.79. The van der Waals surface area contributed by atoms with Gasteiger partial charge in [-0.3, -0.25) is 0 Å². The van der Waals surface area contributed by atoms with Gasteiger partial charge < -0.3 is 19.7 Å². The average molecular weight is 330 g/mol. The van der Waals surface area contributed by atoms with E-state index in [1.165, 1.54) is 48.5 Å². The number of aromatic carboxylic acids is 2. The second-order valence-corrected chi connectivity index (χ2v) is 4.44. The average Bonchev–Trinajstić information content (AvgIpc) is 2.55. The van der Waals surface area contributed by atoms with Crippen LogP contribution in [-0.2, 0) is 9.59 Å². The summed E-state index contributed by atoms with van der Waals surface area (Å²) in [6.45, 7) is 0. The van der Waals surface area contributed by atoms with E-state index >= 15 is 0 Å². The van der Waals surface area contributed by atoms with E-state index < -0.39 is 23.9 Å². The van der Waals surface area contributed by atoms with Crippen molar-refractivity contribution in [3.05, 3.63) is 59.7 Å². The van der Waals surface area contributed by atoms with Crippen molar-refractivity contribution in [2.24, 2.45) is 0 Å². The molecule has 2 rings (SSSR count). The van der Waals surface area contributed by atoms with Crippen LogP contribution in [0, 0.1) is 0 Å². The molecule has 122 valence electrons. The predicted octanol–water partition coefficient (Wildman–Crippen LogP) is 1.59. The minimum atomic E-state index is -1.31. The molecule has 0 unspecified atom stereocenters. The number of esters is 2. The van der Waals surface area contributed by atoms with E-state index in [9.17, 15) is 19.2 Å². The lowest BCUT2D eigenvalue weighted by Crippen LogP contribution is -2.25. The minimum Gasteiger partial charge on any atom is -0.478 e. The molecule has 0 atom stereocenters. The first-order valence-corrected chi connectivity index (χ1v) is 6.47. The summed E-state index contributed by atoms with van der Waals surface area (Å²) in [5.74, 6) is -4.94. The van der Waals surface area contributed by atoms with Crippen molar-refractivity contribution in [2.75, 3.05) is 0 Å². The highest BCUT2D eigenvalue weighted by Gasteiger charge is 2.19. The first kappa shape index (κ1) is 16.7. The summed E-state index contributed by atoms with van der Waals surface area (Å²) in [5.41, 5.74) is -0.00760. The quantitative estimate of drug-likeness (QED) is 0.491. The third kappa shape index (κ3) is 4.17. The number of rotatable bonds is 4. The van der Waals surface area contributed by atoms with Crippen LogP contribution >= 0.6 is 0 Å². The molecule has 0 heterocycles. The van der Waals surface area contributed by atoms with E-state index in [1.807, 2.05) is 0 Å². The van der Waals surface area contributed by atoms with Crippen molar-refractivity contribution in [1.82, 2.24) is 0 Å². The number of ether oxygens (including phenoxy) is 2. The van der Waals surface area contributed by atoms with Gasteiger partial charge in [0.15, 0.2) is 0 Å². The predicted molar refractivity (Wildman–Crippen MR) is 78.1 cm³/mol. The Kier molecular flexibility index (Phi) is 4.90. The number of carbonyl (C=O) groups is 4. The Balaban J connectivity index is 1.97. The zero-order valence-electron chi connectivity index (χ0n) is 12.0. The van der Waals surface area contributed by atoms with E-state index in [-0.39, 0.29) is 22.6 Å². The number of carboxylic acid groups (broad SMARTS) is 2. The molecular formula is C16H10O8. The molecule has 0 fully saturated rings. The molecule has 2 aromatic rings. The number of carboxylic acids is 2. The zero-order valence-corrected chi connectivity index (χ0v) is 12.0. The first-order valence-electron chi connectivity index (χ1n) is 6.47. The fourth-order valence-electron chi connectivity index (χ4n) is 1.63. The van der Waals surface area contributed by atoms with Gasteiger partial charge in [0.25, 0.3) is 0 Å². The SMILES string of the molecule is O=C(Oc1ccc(C(=O)O)cc1)C(=O)Oc1ccc(C(=O)O)cc1. The van der Waals surface area contributed by atoms with Gasteiger partial charge in [0.2, 0.25) is 0 Å². The molecule has 24 heavy (non-hydrogen) atoms. The topological polar surface area (TPSA) is 127 Å². The maximum Gasteiger partial charge on any atom is 0.423 e. The second kappa shape index (κ2) is 7.05. The van der Waals surface area contributed by atoms with Gasteiger partial charge in [0.05, 0.1) is 11.1 Å². The lowest BCUT2D eigenvalue weighted by atomic mass is 10.2. The Morgan fingerprint density at radius 2 is 0.875 bits per heavy atom. The fraction of sp³-hybridized carbons (Fsp3) is 0. The van der Waals surface area contributed by atoms with E-state index in [2.05, 4.69) is 0 Å². The molecular weight excluding hydrogens is 320 g/mol. The number of benzene rings is 2. The minimum absolute atomic E-state index is 0.00380. The van der Waals surface area contributed by atoms with Crippen LogP contribution in [0.25, 0.3) is 0 Å². The number of hydrogen-bond donors (Lipinski definition) is 2. The van der Waals surface area contributed by atoms with Crippen molar-refractivity contribution < 1.29 is 38.9 Å². The lowest BCUT2D eigenvalue weighted by molar-refractivity contribution is -0.156. The van der Waals surface area contributed by atoms with Crippen LogP contribution in [0.5, 0.6) is 11.5 Å². The van der Waals surface area contributed by atoms with Gasteiger partial charge in [0, 0.05) is 0 Å². The molecule has 2 aromatic carbocycles. The molecule has 0 amide bonds. The molecule has 2 N–H and O–H groups in total. The van der Waals surface area contributed by atoms with Crippen LogP contribution < -0.4 is 9.47 Å². The van der Waals surface area contributed by atoms with Crippen LogP contribution in [-0.4, -0.2) is 34.1 Å². The maximum atomic E-state index is 11.6. The second-order valence-electron chi connectivity index (χ2n) is 4.44. The van der Waals surface area contributed by atoms with Crippen LogP contribution in [0.15, 0.2) is 48.5 Å². The molecule has 0 bridgehead atoms. The van der Waals surface area contributed by atoms with Crippen LogP contribution in [0.1, 0.15) is 20.7 Å². The molecule has 0 aliphatic rings. The molecule has 0 aliphatic carbocycles. The van der Waals surface area contributed by atoms with E-state index in [1.54, 1.807) is 0 Å². The molecule has 0 saturated heterocycles. The smallest absolute Gasteiger partial charge is 0.423 e. The van der Waals surface area contributed by atoms with Gasteiger partial charge in [-0.15, -0.1) is 0 Å². The first-order chi connectivity index (χ1) is 11.4. The third-order valence-corrected chi connectivity index (χ3v) is 2.79. The van der Waals surface area contributed by atoms with Crippen molar-refractivity contribution >= 4 is 23.9 Å². The standard InChI is InChI=1S/C16H10O8/c17-13(18)9-1-5-11(6-2-9)23-15(21)16(22)24-12-7-3-10(4-8-12)14(19)20/h1-8H,(H,17,18)(H,19,20). The lowest BCUT2D eigenvalue weighted by Gasteiger charge is -2.05. The molecule has 8 heteroatoms. The normalized spacial score (nSPS) is 9.83. The highest BCUT2D eigenvalue weighted by molar-refractivity contribution is 6.31. The van der Waals surface area contributed by atoms with E-state index in [0.717, 1.165) is 0 Å². The summed E-state index contributed by atoms with van der Waals surface area (Å²) in [5, 5.41) is 17.5. The van der Waals surface area contributed by atoms with Gasteiger partial charge in [-0.2, -0.15) is 0 Å².